The maximum atomic E-state index is 14.4. The molecule has 0 spiro atoms. The lowest BCUT2D eigenvalue weighted by Gasteiger charge is -2.41. The van der Waals surface area contributed by atoms with E-state index < -0.39 is 87.2 Å². The number of methoxy groups -OCH3 is 2. The van der Waals surface area contributed by atoms with Crippen molar-refractivity contribution in [2.75, 3.05) is 47.2 Å². The number of likely N-dealkylation sites (N-methyl/N-ethyl adjacent to an activating group) is 2. The Morgan fingerprint density at radius 1 is 0.826 bits per heavy atom. The summed E-state index contributed by atoms with van der Waals surface area (Å²) in [7, 11) is 3.53. The van der Waals surface area contributed by atoms with Crippen LogP contribution in [0.2, 0.25) is 0 Å². The standard InChI is InChI=1S/C48H72F3N7O10S/c1-13-30(6)41(57(10)46(63)39(28(2)3)54-45(62)40(29(4)5)56(8)9)37(67-11)27-38(59)58-25-17-20-36(58)42(68-12)31(7)43(60)53-35(26-32-18-15-14-16-19-32)44(61)55-69(65,66)34-23-21-33(22-24-34)52-47(64)48(49,50)51/h14-16,18-19,21-24,28-31,35-37,39-42H,13,17,20,25-27H2,1-12H3,(H,52,64)(H,53,60)(H,54,62)(H,55,61)/t30-,31+,35-,36-,37+,39-,40?,41-,42+/m0/s1. The number of carbonyl (C=O) groups is 6. The summed E-state index contributed by atoms with van der Waals surface area (Å²) in [6.45, 7) is 13.5. The number of anilines is 1. The zero-order valence-electron chi connectivity index (χ0n) is 41.8. The van der Waals surface area contributed by atoms with Gasteiger partial charge in [-0.2, -0.15) is 13.2 Å². The van der Waals surface area contributed by atoms with Gasteiger partial charge in [-0.1, -0.05) is 85.2 Å². The van der Waals surface area contributed by atoms with Crippen LogP contribution in [-0.4, -0.2) is 149 Å². The number of halogens is 3. The summed E-state index contributed by atoms with van der Waals surface area (Å²) < 4.78 is 78.8. The average molecular weight is 996 g/mol. The van der Waals surface area contributed by atoms with E-state index in [4.69, 9.17) is 9.47 Å². The molecule has 21 heteroatoms. The lowest BCUT2D eigenvalue weighted by Crippen LogP contribution is -2.59. The largest absolute Gasteiger partial charge is 0.471 e. The molecule has 0 saturated carbocycles. The molecule has 6 amide bonds. The van der Waals surface area contributed by atoms with E-state index in [-0.39, 0.29) is 54.0 Å². The molecule has 1 heterocycles. The number of nitrogens with zero attached hydrogens (tertiary/aromatic N) is 3. The van der Waals surface area contributed by atoms with Crippen LogP contribution < -0.4 is 20.7 Å². The van der Waals surface area contributed by atoms with Crippen LogP contribution in [0.4, 0.5) is 18.9 Å². The fourth-order valence-corrected chi connectivity index (χ4v) is 9.97. The number of hydrogen-bond acceptors (Lipinski definition) is 11. The van der Waals surface area contributed by atoms with Crippen molar-refractivity contribution in [3.63, 3.8) is 0 Å². The summed E-state index contributed by atoms with van der Waals surface area (Å²) in [5.41, 5.74) is 0.237. The number of nitrogens with one attached hydrogen (secondary N) is 4. The van der Waals surface area contributed by atoms with Crippen molar-refractivity contribution in [3.8, 4) is 0 Å². The van der Waals surface area contributed by atoms with E-state index in [2.05, 4.69) is 10.6 Å². The molecular formula is C48H72F3N7O10S. The first-order valence-corrected chi connectivity index (χ1v) is 24.7. The Balaban J connectivity index is 1.84. The summed E-state index contributed by atoms with van der Waals surface area (Å²) in [4.78, 5) is 86.0. The highest BCUT2D eigenvalue weighted by Crippen LogP contribution is 2.30. The smallest absolute Gasteiger partial charge is 0.379 e. The number of sulfonamides is 1. The fourth-order valence-electron chi connectivity index (χ4n) is 8.96. The Hall–Kier alpha value is -5.12. The van der Waals surface area contributed by atoms with Gasteiger partial charge in [-0.25, -0.2) is 13.1 Å². The van der Waals surface area contributed by atoms with Gasteiger partial charge in [0.2, 0.25) is 23.6 Å². The number of carbonyl (C=O) groups excluding carboxylic acids is 6. The van der Waals surface area contributed by atoms with Crippen LogP contribution in [0.15, 0.2) is 59.5 Å². The molecule has 4 N–H and O–H groups in total. The molecule has 17 nitrogen and oxygen atoms in total. The number of ether oxygens (including phenoxy) is 2. The second-order valence-electron chi connectivity index (χ2n) is 18.7. The molecule has 9 atom stereocenters. The average Bonchev–Trinajstić information content (AvgIpc) is 3.77. The molecule has 1 unspecified atom stereocenters. The second kappa shape index (κ2) is 25.7. The van der Waals surface area contributed by atoms with Crippen LogP contribution in [-0.2, 0) is 54.7 Å². The highest BCUT2D eigenvalue weighted by atomic mass is 32.2. The van der Waals surface area contributed by atoms with Gasteiger partial charge in [0.25, 0.3) is 15.9 Å². The Labute approximate surface area is 405 Å². The van der Waals surface area contributed by atoms with Crippen LogP contribution >= 0.6 is 0 Å². The Morgan fingerprint density at radius 2 is 1.43 bits per heavy atom. The predicted molar refractivity (Wildman–Crippen MR) is 254 cm³/mol. The summed E-state index contributed by atoms with van der Waals surface area (Å²) in [6.07, 6.45) is -5.39. The van der Waals surface area contributed by atoms with Gasteiger partial charge in [-0.05, 0) is 74.5 Å². The third kappa shape index (κ3) is 15.7. The van der Waals surface area contributed by atoms with Crippen molar-refractivity contribution in [2.45, 2.75) is 134 Å². The summed E-state index contributed by atoms with van der Waals surface area (Å²) in [5, 5.41) is 7.28. The molecule has 0 aliphatic carbocycles. The van der Waals surface area contributed by atoms with E-state index in [0.717, 1.165) is 24.3 Å². The number of likely N-dealkylation sites (tertiary alicyclic amines) is 1. The molecule has 0 bridgehead atoms. The van der Waals surface area contributed by atoms with Crippen LogP contribution in [0, 0.1) is 23.7 Å². The van der Waals surface area contributed by atoms with E-state index in [0.29, 0.717) is 31.4 Å². The molecule has 69 heavy (non-hydrogen) atoms. The molecule has 2 aromatic carbocycles. The van der Waals surface area contributed by atoms with Crippen LogP contribution in [0.25, 0.3) is 0 Å². The molecule has 1 saturated heterocycles. The zero-order chi connectivity index (χ0) is 52.1. The molecule has 0 radical (unpaired) electrons. The third-order valence-corrected chi connectivity index (χ3v) is 14.1. The van der Waals surface area contributed by atoms with E-state index in [1.165, 1.54) is 14.2 Å². The summed E-state index contributed by atoms with van der Waals surface area (Å²) >= 11 is 0. The van der Waals surface area contributed by atoms with Crippen molar-refractivity contribution < 1.29 is 59.8 Å². The minimum absolute atomic E-state index is 0.0175. The van der Waals surface area contributed by atoms with E-state index in [9.17, 15) is 50.4 Å². The molecule has 386 valence electrons. The van der Waals surface area contributed by atoms with Gasteiger partial charge < -0.3 is 35.2 Å². The highest BCUT2D eigenvalue weighted by Gasteiger charge is 2.44. The number of amides is 6. The van der Waals surface area contributed by atoms with Gasteiger partial charge in [0.05, 0.1) is 47.6 Å². The lowest BCUT2D eigenvalue weighted by molar-refractivity contribution is -0.167. The van der Waals surface area contributed by atoms with Crippen molar-refractivity contribution in [1.29, 1.82) is 0 Å². The molecular weight excluding hydrogens is 924 g/mol. The molecule has 0 aromatic heterocycles. The highest BCUT2D eigenvalue weighted by molar-refractivity contribution is 7.90. The van der Waals surface area contributed by atoms with Crippen molar-refractivity contribution in [3.05, 3.63) is 60.2 Å². The topological polar surface area (TPSA) is 213 Å². The first kappa shape index (κ1) is 58.2. The predicted octanol–water partition coefficient (Wildman–Crippen LogP) is 4.37. The monoisotopic (exact) mass is 996 g/mol. The van der Waals surface area contributed by atoms with E-state index >= 15 is 0 Å². The lowest BCUT2D eigenvalue weighted by atomic mass is 9.89. The number of alkyl halides is 3. The first-order chi connectivity index (χ1) is 32.2. The number of hydrogen-bond donors (Lipinski definition) is 4. The Morgan fingerprint density at radius 3 is 1.94 bits per heavy atom. The molecule has 3 rings (SSSR count). The normalized spacial score (nSPS) is 17.8. The maximum Gasteiger partial charge on any atom is 0.471 e. The first-order valence-electron chi connectivity index (χ1n) is 23.2. The van der Waals surface area contributed by atoms with E-state index in [1.807, 2.05) is 65.3 Å². The molecule has 1 fully saturated rings. The minimum Gasteiger partial charge on any atom is -0.379 e. The van der Waals surface area contributed by atoms with Gasteiger partial charge in [0.1, 0.15) is 12.1 Å². The Bertz CT molecular complexity index is 2150. The Kier molecular flexibility index (Phi) is 21.6. The number of rotatable bonds is 24. The van der Waals surface area contributed by atoms with Gasteiger partial charge in [0.15, 0.2) is 0 Å². The summed E-state index contributed by atoms with van der Waals surface area (Å²) in [6, 6.07) is 8.22. The van der Waals surface area contributed by atoms with Gasteiger partial charge in [-0.3, -0.25) is 33.7 Å². The van der Waals surface area contributed by atoms with Crippen molar-refractivity contribution in [2.24, 2.45) is 23.7 Å². The maximum absolute atomic E-state index is 14.4. The fraction of sp³-hybridized carbons (Fsp3) is 0.625. The zero-order valence-corrected chi connectivity index (χ0v) is 42.6. The third-order valence-electron chi connectivity index (χ3n) is 12.8. The van der Waals surface area contributed by atoms with Crippen LogP contribution in [0.3, 0.4) is 0 Å². The van der Waals surface area contributed by atoms with Gasteiger partial charge in [0, 0.05) is 39.9 Å². The quantitative estimate of drug-likeness (QED) is 0.116. The summed E-state index contributed by atoms with van der Waals surface area (Å²) in [5.74, 6) is -6.32. The van der Waals surface area contributed by atoms with Crippen molar-refractivity contribution >= 4 is 51.2 Å². The molecule has 1 aliphatic heterocycles. The van der Waals surface area contributed by atoms with E-state index in [1.54, 1.807) is 59.4 Å². The minimum atomic E-state index is -5.18. The van der Waals surface area contributed by atoms with Gasteiger partial charge in [-0.15, -0.1) is 0 Å². The number of benzene rings is 2. The van der Waals surface area contributed by atoms with Crippen molar-refractivity contribution in [1.82, 2.24) is 30.1 Å². The second-order valence-corrected chi connectivity index (χ2v) is 20.4. The molecule has 2 aromatic rings. The van der Waals surface area contributed by atoms with Crippen LogP contribution in [0.5, 0.6) is 0 Å². The SMILES string of the molecule is CC[C@H](C)[C@@H]([C@@H](CC(=O)N1CCC[C@H]1[C@H](OC)[C@@H](C)C(=O)N[C@@H](Cc1ccccc1)C(=O)NS(=O)(=O)c1ccc(NC(=O)C(F)(F)F)cc1)OC)N(C)C(=O)[C@@H](NC(=O)C(C(C)C)N(C)C)C(C)C. The van der Waals surface area contributed by atoms with Gasteiger partial charge >= 0.3 is 12.1 Å². The molecule has 1 aliphatic rings. The van der Waals surface area contributed by atoms with Crippen LogP contribution in [0.1, 0.15) is 79.7 Å².